The molecule has 1 amide bonds. The van der Waals surface area contributed by atoms with Gasteiger partial charge >= 0.3 is 0 Å². The van der Waals surface area contributed by atoms with E-state index in [9.17, 15) is 9.59 Å². The van der Waals surface area contributed by atoms with Crippen LogP contribution in [-0.2, 0) is 11.3 Å². The van der Waals surface area contributed by atoms with E-state index in [0.717, 1.165) is 24.8 Å². The van der Waals surface area contributed by atoms with Crippen molar-refractivity contribution in [2.75, 3.05) is 6.54 Å². The Balaban J connectivity index is 1.52. The average molecular weight is 482 g/mol. The Morgan fingerprint density at radius 1 is 1.18 bits per heavy atom. The largest absolute Gasteiger partial charge is 0.355 e. The quantitative estimate of drug-likeness (QED) is 0.259. The SMILES string of the molecule is CC(Sc1nc2ccccc2c(=O)n1Cc1ccc(Cl)cc1)C(=O)NCCC1=CCCCC1. The van der Waals surface area contributed by atoms with Crippen LogP contribution in [0.2, 0.25) is 5.02 Å². The molecule has 172 valence electrons. The highest BCUT2D eigenvalue weighted by Gasteiger charge is 2.19. The minimum Gasteiger partial charge on any atom is -0.355 e. The number of aromatic nitrogens is 2. The topological polar surface area (TPSA) is 64.0 Å². The number of carbonyl (C=O) groups excluding carboxylic acids is 1. The van der Waals surface area contributed by atoms with E-state index in [2.05, 4.69) is 11.4 Å². The highest BCUT2D eigenvalue weighted by Crippen LogP contribution is 2.24. The first-order chi connectivity index (χ1) is 16.0. The number of amides is 1. The molecule has 0 aliphatic heterocycles. The van der Waals surface area contributed by atoms with Crippen molar-refractivity contribution in [3.8, 4) is 0 Å². The van der Waals surface area contributed by atoms with Gasteiger partial charge in [0.15, 0.2) is 5.16 Å². The minimum atomic E-state index is -0.380. The van der Waals surface area contributed by atoms with E-state index in [1.165, 1.54) is 30.2 Å². The lowest BCUT2D eigenvalue weighted by atomic mass is 9.97. The van der Waals surface area contributed by atoms with Gasteiger partial charge in [0.1, 0.15) is 0 Å². The zero-order valence-electron chi connectivity index (χ0n) is 18.7. The van der Waals surface area contributed by atoms with Gasteiger partial charge in [0, 0.05) is 11.6 Å². The van der Waals surface area contributed by atoms with E-state index in [1.54, 1.807) is 22.8 Å². The molecule has 1 atom stereocenters. The Hall–Kier alpha value is -2.57. The number of hydrogen-bond acceptors (Lipinski definition) is 4. The summed E-state index contributed by atoms with van der Waals surface area (Å²) in [7, 11) is 0. The monoisotopic (exact) mass is 481 g/mol. The molecular weight excluding hydrogens is 454 g/mol. The van der Waals surface area contributed by atoms with Crippen molar-refractivity contribution >= 4 is 40.2 Å². The fourth-order valence-electron chi connectivity index (χ4n) is 3.98. The summed E-state index contributed by atoms with van der Waals surface area (Å²) in [5, 5.41) is 4.41. The van der Waals surface area contributed by atoms with Crippen molar-refractivity contribution in [1.82, 2.24) is 14.9 Å². The maximum Gasteiger partial charge on any atom is 0.262 e. The number of carbonyl (C=O) groups is 1. The minimum absolute atomic E-state index is 0.0446. The molecule has 0 fully saturated rings. The van der Waals surface area contributed by atoms with E-state index in [-0.39, 0.29) is 16.7 Å². The fourth-order valence-corrected chi connectivity index (χ4v) is 5.04. The average Bonchev–Trinajstić information content (AvgIpc) is 2.83. The van der Waals surface area contributed by atoms with Crippen molar-refractivity contribution in [3.63, 3.8) is 0 Å². The Labute approximate surface area is 203 Å². The van der Waals surface area contributed by atoms with Crippen LogP contribution in [0, 0.1) is 0 Å². The molecule has 1 heterocycles. The number of hydrogen-bond donors (Lipinski definition) is 1. The molecule has 33 heavy (non-hydrogen) atoms. The van der Waals surface area contributed by atoms with Crippen LogP contribution in [0.5, 0.6) is 0 Å². The number of halogens is 1. The zero-order valence-corrected chi connectivity index (χ0v) is 20.3. The Morgan fingerprint density at radius 3 is 2.73 bits per heavy atom. The molecule has 7 heteroatoms. The number of para-hydroxylation sites is 1. The summed E-state index contributed by atoms with van der Waals surface area (Å²) in [5.74, 6) is -0.0446. The second kappa shape index (κ2) is 11.0. The molecule has 5 nitrogen and oxygen atoms in total. The van der Waals surface area contributed by atoms with Crippen LogP contribution in [0.25, 0.3) is 10.9 Å². The summed E-state index contributed by atoms with van der Waals surface area (Å²) >= 11 is 7.33. The van der Waals surface area contributed by atoms with E-state index in [1.807, 2.05) is 37.3 Å². The molecule has 3 aromatic rings. The third-order valence-corrected chi connectivity index (χ3v) is 7.20. The van der Waals surface area contributed by atoms with Crippen LogP contribution in [0.15, 0.2) is 70.1 Å². The van der Waals surface area contributed by atoms with Gasteiger partial charge in [0.2, 0.25) is 5.91 Å². The second-order valence-corrected chi connectivity index (χ2v) is 10.1. The Kier molecular flexibility index (Phi) is 7.89. The summed E-state index contributed by atoms with van der Waals surface area (Å²) in [6.45, 7) is 2.85. The van der Waals surface area contributed by atoms with Crippen molar-refractivity contribution in [2.24, 2.45) is 0 Å². The van der Waals surface area contributed by atoms with Gasteiger partial charge in [-0.15, -0.1) is 0 Å². The molecule has 1 unspecified atom stereocenters. The summed E-state index contributed by atoms with van der Waals surface area (Å²) in [5.41, 5.74) is 2.90. The first kappa shape index (κ1) is 23.6. The number of nitrogens with zero attached hydrogens (tertiary/aromatic N) is 2. The molecule has 4 rings (SSSR count). The van der Waals surface area contributed by atoms with Crippen LogP contribution in [0.4, 0.5) is 0 Å². The first-order valence-electron chi connectivity index (χ1n) is 11.4. The van der Waals surface area contributed by atoms with E-state index >= 15 is 0 Å². The molecule has 1 aliphatic rings. The van der Waals surface area contributed by atoms with Crippen molar-refractivity contribution in [1.29, 1.82) is 0 Å². The number of thioether (sulfide) groups is 1. The third kappa shape index (κ3) is 6.06. The van der Waals surface area contributed by atoms with Crippen molar-refractivity contribution in [2.45, 2.75) is 56.0 Å². The van der Waals surface area contributed by atoms with Gasteiger partial charge in [-0.25, -0.2) is 4.98 Å². The maximum absolute atomic E-state index is 13.3. The summed E-state index contributed by atoms with van der Waals surface area (Å²) < 4.78 is 1.65. The third-order valence-electron chi connectivity index (χ3n) is 5.86. The van der Waals surface area contributed by atoms with Crippen LogP contribution in [0.3, 0.4) is 0 Å². The molecule has 0 saturated carbocycles. The van der Waals surface area contributed by atoms with Gasteiger partial charge in [0.25, 0.3) is 5.56 Å². The van der Waals surface area contributed by atoms with Gasteiger partial charge in [0.05, 0.1) is 22.7 Å². The zero-order chi connectivity index (χ0) is 23.2. The molecule has 1 N–H and O–H groups in total. The maximum atomic E-state index is 13.3. The van der Waals surface area contributed by atoms with E-state index in [4.69, 9.17) is 16.6 Å². The van der Waals surface area contributed by atoms with Gasteiger partial charge in [-0.1, -0.05) is 59.3 Å². The lowest BCUT2D eigenvalue weighted by Crippen LogP contribution is -2.33. The molecule has 0 bridgehead atoms. The summed E-state index contributed by atoms with van der Waals surface area (Å²) in [6, 6.07) is 14.7. The molecule has 0 radical (unpaired) electrons. The Bertz CT molecular complexity index is 1220. The van der Waals surface area contributed by atoms with Crippen molar-refractivity contribution in [3.05, 3.63) is 81.1 Å². The predicted molar refractivity (Wildman–Crippen MR) is 136 cm³/mol. The Morgan fingerprint density at radius 2 is 1.97 bits per heavy atom. The van der Waals surface area contributed by atoms with Gasteiger partial charge in [-0.05, 0) is 68.9 Å². The molecular formula is C26H28ClN3O2S. The predicted octanol–water partition coefficient (Wildman–Crippen LogP) is 5.59. The normalized spacial score (nSPS) is 14.7. The lowest BCUT2D eigenvalue weighted by Gasteiger charge is -2.17. The molecule has 1 aromatic heterocycles. The highest BCUT2D eigenvalue weighted by atomic mass is 35.5. The fraction of sp³-hybridized carbons (Fsp3) is 0.346. The molecule has 0 saturated heterocycles. The van der Waals surface area contributed by atoms with Gasteiger partial charge in [-0.2, -0.15) is 0 Å². The second-order valence-electron chi connectivity index (χ2n) is 8.34. The number of nitrogens with one attached hydrogen (secondary N) is 1. The van der Waals surface area contributed by atoms with Crippen LogP contribution in [0.1, 0.15) is 44.6 Å². The van der Waals surface area contributed by atoms with Gasteiger partial charge < -0.3 is 5.32 Å². The highest BCUT2D eigenvalue weighted by molar-refractivity contribution is 8.00. The standard InChI is InChI=1S/C26H28ClN3O2S/c1-18(24(31)28-16-15-19-7-3-2-4-8-19)33-26-29-23-10-6-5-9-22(23)25(32)30(26)17-20-11-13-21(27)14-12-20/h5-7,9-14,18H,2-4,8,15-17H2,1H3,(H,28,31). The molecule has 0 spiro atoms. The lowest BCUT2D eigenvalue weighted by molar-refractivity contribution is -0.120. The number of benzene rings is 2. The smallest absolute Gasteiger partial charge is 0.262 e. The molecule has 2 aromatic carbocycles. The van der Waals surface area contributed by atoms with Crippen LogP contribution >= 0.6 is 23.4 Å². The first-order valence-corrected chi connectivity index (χ1v) is 12.6. The summed E-state index contributed by atoms with van der Waals surface area (Å²) in [4.78, 5) is 30.8. The van der Waals surface area contributed by atoms with E-state index in [0.29, 0.717) is 34.2 Å². The van der Waals surface area contributed by atoms with Crippen molar-refractivity contribution < 1.29 is 4.79 Å². The van der Waals surface area contributed by atoms with Gasteiger partial charge in [-0.3, -0.25) is 14.2 Å². The summed E-state index contributed by atoms with van der Waals surface area (Å²) in [6.07, 6.45) is 8.00. The number of allylic oxidation sites excluding steroid dienone is 1. The van der Waals surface area contributed by atoms with E-state index < -0.39 is 0 Å². The number of fused-ring (bicyclic) bond motifs is 1. The number of rotatable bonds is 8. The van der Waals surface area contributed by atoms with Crippen LogP contribution < -0.4 is 10.9 Å². The van der Waals surface area contributed by atoms with Crippen LogP contribution in [-0.4, -0.2) is 27.3 Å². The molecule has 1 aliphatic carbocycles.